The molecule has 1 saturated carbocycles. The Morgan fingerprint density at radius 2 is 1.74 bits per heavy atom. The molecule has 0 aromatic heterocycles. The van der Waals surface area contributed by atoms with Gasteiger partial charge < -0.3 is 15.2 Å². The van der Waals surface area contributed by atoms with Crippen molar-refractivity contribution in [2.75, 3.05) is 20.3 Å². The van der Waals surface area contributed by atoms with E-state index in [1.54, 1.807) is 19.2 Å². The van der Waals surface area contributed by atoms with E-state index in [4.69, 9.17) is 9.84 Å². The molecule has 0 saturated heterocycles. The van der Waals surface area contributed by atoms with Gasteiger partial charge in [0.1, 0.15) is 0 Å². The normalized spacial score (nSPS) is 16.7. The third kappa shape index (κ3) is 4.79. The van der Waals surface area contributed by atoms with Crippen molar-refractivity contribution >= 4 is 11.9 Å². The lowest BCUT2D eigenvalue weighted by Gasteiger charge is -2.37. The van der Waals surface area contributed by atoms with Crippen molar-refractivity contribution in [3.05, 3.63) is 35.4 Å². The van der Waals surface area contributed by atoms with Crippen LogP contribution in [0.15, 0.2) is 24.3 Å². The van der Waals surface area contributed by atoms with E-state index in [1.165, 1.54) is 31.4 Å². The maximum absolute atomic E-state index is 12.3. The number of aromatic carboxylic acids is 1. The van der Waals surface area contributed by atoms with Gasteiger partial charge in [0.2, 0.25) is 0 Å². The first-order chi connectivity index (χ1) is 11.1. The number of carboxylic acid groups (broad SMARTS) is 1. The van der Waals surface area contributed by atoms with Crippen molar-refractivity contribution in [1.29, 1.82) is 0 Å². The van der Waals surface area contributed by atoms with Gasteiger partial charge in [-0.2, -0.15) is 0 Å². The van der Waals surface area contributed by atoms with Crippen LogP contribution in [0.2, 0.25) is 0 Å². The predicted molar refractivity (Wildman–Crippen MR) is 87.7 cm³/mol. The van der Waals surface area contributed by atoms with E-state index in [0.717, 1.165) is 19.3 Å². The summed E-state index contributed by atoms with van der Waals surface area (Å²) in [6.07, 6.45) is 6.87. The maximum atomic E-state index is 12.3. The highest BCUT2D eigenvalue weighted by molar-refractivity contribution is 5.95. The molecule has 1 aliphatic rings. The molecular weight excluding hydrogens is 294 g/mol. The third-order valence-corrected chi connectivity index (χ3v) is 4.77. The molecule has 2 N–H and O–H groups in total. The third-order valence-electron chi connectivity index (χ3n) is 4.77. The molecular formula is C18H25NO4. The molecule has 1 aromatic rings. The molecule has 2 rings (SSSR count). The van der Waals surface area contributed by atoms with Crippen molar-refractivity contribution < 1.29 is 19.4 Å². The average molecular weight is 319 g/mol. The second-order valence-corrected chi connectivity index (χ2v) is 6.37. The largest absolute Gasteiger partial charge is 0.478 e. The Bertz CT molecular complexity index is 532. The fourth-order valence-corrected chi connectivity index (χ4v) is 3.27. The van der Waals surface area contributed by atoms with Gasteiger partial charge >= 0.3 is 5.97 Å². The number of amides is 1. The van der Waals surface area contributed by atoms with E-state index in [0.29, 0.717) is 18.7 Å². The van der Waals surface area contributed by atoms with Crippen LogP contribution in [0.1, 0.15) is 59.2 Å². The number of benzene rings is 1. The van der Waals surface area contributed by atoms with E-state index in [9.17, 15) is 9.59 Å². The van der Waals surface area contributed by atoms with Crippen LogP contribution in [0.3, 0.4) is 0 Å². The number of rotatable bonds is 7. The molecule has 126 valence electrons. The van der Waals surface area contributed by atoms with E-state index >= 15 is 0 Å². The summed E-state index contributed by atoms with van der Waals surface area (Å²) in [6.45, 7) is 1.36. The summed E-state index contributed by atoms with van der Waals surface area (Å²) in [5, 5.41) is 11.9. The van der Waals surface area contributed by atoms with E-state index < -0.39 is 5.97 Å². The fraction of sp³-hybridized carbons (Fsp3) is 0.556. The van der Waals surface area contributed by atoms with Crippen LogP contribution in [0.4, 0.5) is 0 Å². The number of carbonyl (C=O) groups excluding carboxylic acids is 1. The highest BCUT2D eigenvalue weighted by Gasteiger charge is 2.32. The van der Waals surface area contributed by atoms with Crippen LogP contribution in [0, 0.1) is 5.41 Å². The fourth-order valence-electron chi connectivity index (χ4n) is 3.27. The van der Waals surface area contributed by atoms with Gasteiger partial charge in [0, 0.05) is 25.8 Å². The Balaban J connectivity index is 1.96. The van der Waals surface area contributed by atoms with Gasteiger partial charge in [-0.15, -0.1) is 0 Å². The molecule has 1 amide bonds. The predicted octanol–water partition coefficient (Wildman–Crippen LogP) is 3.10. The number of carbonyl (C=O) groups is 2. The average Bonchev–Trinajstić information content (AvgIpc) is 2.59. The van der Waals surface area contributed by atoms with Crippen LogP contribution in [-0.2, 0) is 4.74 Å². The van der Waals surface area contributed by atoms with Crippen LogP contribution < -0.4 is 5.32 Å². The van der Waals surface area contributed by atoms with Gasteiger partial charge in [-0.3, -0.25) is 4.79 Å². The summed E-state index contributed by atoms with van der Waals surface area (Å²) in [4.78, 5) is 23.1. The Labute approximate surface area is 137 Å². The smallest absolute Gasteiger partial charge is 0.335 e. The molecule has 0 atom stereocenters. The minimum Gasteiger partial charge on any atom is -0.478 e. The summed E-state index contributed by atoms with van der Waals surface area (Å²) in [7, 11) is 1.71. The van der Waals surface area contributed by atoms with E-state index in [1.807, 2.05) is 0 Å². The number of nitrogens with one attached hydrogen (secondary N) is 1. The first-order valence-electron chi connectivity index (χ1n) is 8.17. The maximum Gasteiger partial charge on any atom is 0.335 e. The van der Waals surface area contributed by atoms with Crippen LogP contribution in [0.25, 0.3) is 0 Å². The highest BCUT2D eigenvalue weighted by Crippen LogP contribution is 2.38. The molecule has 5 nitrogen and oxygen atoms in total. The van der Waals surface area contributed by atoms with Crippen molar-refractivity contribution in [3.8, 4) is 0 Å². The molecule has 0 bridgehead atoms. The van der Waals surface area contributed by atoms with Gasteiger partial charge in [0.25, 0.3) is 5.91 Å². The molecule has 0 heterocycles. The Hall–Kier alpha value is -1.88. The number of hydrogen-bond donors (Lipinski definition) is 2. The van der Waals surface area contributed by atoms with Gasteiger partial charge in [-0.05, 0) is 48.9 Å². The number of methoxy groups -OCH3 is 1. The lowest BCUT2D eigenvalue weighted by atomic mass is 9.72. The molecule has 0 spiro atoms. The zero-order valence-corrected chi connectivity index (χ0v) is 13.6. The molecule has 0 aliphatic heterocycles. The summed E-state index contributed by atoms with van der Waals surface area (Å²) < 4.78 is 5.23. The Morgan fingerprint density at radius 1 is 1.13 bits per heavy atom. The Kier molecular flexibility index (Phi) is 6.16. The van der Waals surface area contributed by atoms with E-state index in [2.05, 4.69) is 5.32 Å². The van der Waals surface area contributed by atoms with Crippen molar-refractivity contribution in [1.82, 2.24) is 5.32 Å². The molecule has 1 aliphatic carbocycles. The topological polar surface area (TPSA) is 75.6 Å². The zero-order chi connectivity index (χ0) is 16.7. The molecule has 23 heavy (non-hydrogen) atoms. The molecule has 0 unspecified atom stereocenters. The van der Waals surface area contributed by atoms with Crippen LogP contribution in [0.5, 0.6) is 0 Å². The van der Waals surface area contributed by atoms with Crippen molar-refractivity contribution in [3.63, 3.8) is 0 Å². The molecule has 0 radical (unpaired) electrons. The van der Waals surface area contributed by atoms with Crippen LogP contribution in [-0.4, -0.2) is 37.2 Å². The van der Waals surface area contributed by atoms with Crippen molar-refractivity contribution in [2.24, 2.45) is 5.41 Å². The van der Waals surface area contributed by atoms with Crippen molar-refractivity contribution in [2.45, 2.75) is 38.5 Å². The first-order valence-corrected chi connectivity index (χ1v) is 8.17. The summed E-state index contributed by atoms with van der Waals surface area (Å²) in [5.74, 6) is -1.14. The van der Waals surface area contributed by atoms with Gasteiger partial charge in [0.15, 0.2) is 0 Å². The minimum absolute atomic E-state index is 0.130. The molecule has 1 aromatic carbocycles. The standard InChI is InChI=1S/C18H25NO4/c1-23-12-11-18(9-3-2-4-10-18)13-19-16(20)14-5-7-15(8-6-14)17(21)22/h5-8H,2-4,9-13H2,1H3,(H,19,20)(H,21,22). The second kappa shape index (κ2) is 8.11. The molecule has 1 fully saturated rings. The first kappa shape index (κ1) is 17.5. The minimum atomic E-state index is -0.988. The van der Waals surface area contributed by atoms with Gasteiger partial charge in [-0.25, -0.2) is 4.79 Å². The summed E-state index contributed by atoms with van der Waals surface area (Å²) in [6, 6.07) is 6.03. The van der Waals surface area contributed by atoms with E-state index in [-0.39, 0.29) is 16.9 Å². The summed E-state index contributed by atoms with van der Waals surface area (Å²) >= 11 is 0. The number of hydrogen-bond acceptors (Lipinski definition) is 3. The zero-order valence-electron chi connectivity index (χ0n) is 13.6. The second-order valence-electron chi connectivity index (χ2n) is 6.37. The Morgan fingerprint density at radius 3 is 2.30 bits per heavy atom. The summed E-state index contributed by atoms with van der Waals surface area (Å²) in [5.41, 5.74) is 0.809. The quantitative estimate of drug-likeness (QED) is 0.810. The molecule has 5 heteroatoms. The highest BCUT2D eigenvalue weighted by atomic mass is 16.5. The SMILES string of the molecule is COCCC1(CNC(=O)c2ccc(C(=O)O)cc2)CCCCC1. The van der Waals surface area contributed by atoms with Crippen LogP contribution >= 0.6 is 0 Å². The number of ether oxygens (including phenoxy) is 1. The lowest BCUT2D eigenvalue weighted by Crippen LogP contribution is -2.39. The number of carboxylic acids is 1. The lowest BCUT2D eigenvalue weighted by molar-refractivity contribution is 0.0696. The monoisotopic (exact) mass is 319 g/mol. The van der Waals surface area contributed by atoms with Gasteiger partial charge in [-0.1, -0.05) is 19.3 Å². The van der Waals surface area contributed by atoms with Gasteiger partial charge in [0.05, 0.1) is 5.56 Å².